The first-order valence-corrected chi connectivity index (χ1v) is 5.95. The van der Waals surface area contributed by atoms with Gasteiger partial charge in [0.2, 0.25) is 0 Å². The van der Waals surface area contributed by atoms with Crippen LogP contribution in [0.25, 0.3) is 0 Å². The molecule has 0 aromatic rings. The second kappa shape index (κ2) is 9.97. The van der Waals surface area contributed by atoms with E-state index in [1.807, 2.05) is 13.8 Å². The molecule has 0 aromatic heterocycles. The minimum atomic E-state index is -2.87. The van der Waals surface area contributed by atoms with E-state index in [4.69, 9.17) is 14.4 Å². The van der Waals surface area contributed by atoms with Crippen LogP contribution in [-0.2, 0) is 9.36 Å². The Morgan fingerprint density at radius 2 is 1.73 bits per heavy atom. The van der Waals surface area contributed by atoms with Gasteiger partial charge in [-0.25, -0.2) is 0 Å². The highest BCUT2D eigenvalue weighted by atomic mass is 31.1. The van der Waals surface area contributed by atoms with E-state index in [-0.39, 0.29) is 5.92 Å². The Morgan fingerprint density at radius 1 is 1.33 bits per heavy atom. The van der Waals surface area contributed by atoms with Crippen LogP contribution in [0.1, 0.15) is 40.5 Å². The summed E-state index contributed by atoms with van der Waals surface area (Å²) < 4.78 is 8.70. The molecule has 15 heavy (non-hydrogen) atoms. The average Bonchev–Trinajstić information content (AvgIpc) is 2.01. The maximum atomic E-state index is 11.1. The molecular formula is C10H20O4P+. The summed E-state index contributed by atoms with van der Waals surface area (Å²) in [6.07, 6.45) is 3.71. The number of hydrogen-bond donors (Lipinski definition) is 2. The molecule has 4 nitrogen and oxygen atoms in total. The van der Waals surface area contributed by atoms with Crippen molar-refractivity contribution in [3.63, 3.8) is 0 Å². The molecule has 0 bridgehead atoms. The van der Waals surface area contributed by atoms with Gasteiger partial charge in [0.1, 0.15) is 5.78 Å². The van der Waals surface area contributed by atoms with Gasteiger partial charge in [-0.05, 0) is 20.3 Å². The smallest absolute Gasteiger partial charge is 0.299 e. The zero-order valence-corrected chi connectivity index (χ0v) is 10.6. The van der Waals surface area contributed by atoms with Gasteiger partial charge >= 0.3 is 8.25 Å². The molecule has 0 unspecified atom stereocenters. The lowest BCUT2D eigenvalue weighted by Gasteiger charge is -2.00. The highest BCUT2D eigenvalue weighted by molar-refractivity contribution is 7.30. The quantitative estimate of drug-likeness (QED) is 0.580. The lowest BCUT2D eigenvalue weighted by Crippen LogP contribution is -2.05. The zero-order chi connectivity index (χ0) is 12.4. The molecule has 0 aliphatic heterocycles. The fraction of sp³-hybridized carbons (Fsp3) is 0.700. The van der Waals surface area contributed by atoms with Crippen molar-refractivity contribution in [3.05, 3.63) is 11.6 Å². The Kier molecular flexibility index (Phi) is 11.2. The molecule has 0 heterocycles. The number of carbonyl (C=O) groups is 1. The van der Waals surface area contributed by atoms with Gasteiger partial charge in [-0.15, -0.1) is 9.79 Å². The summed E-state index contributed by atoms with van der Waals surface area (Å²) in [7, 11) is -2.87. The van der Waals surface area contributed by atoms with Gasteiger partial charge in [-0.3, -0.25) is 4.79 Å². The molecule has 0 aromatic carbocycles. The fourth-order valence-corrected chi connectivity index (χ4v) is 0.792. The minimum absolute atomic E-state index is 0.195. The van der Waals surface area contributed by atoms with E-state index < -0.39 is 8.25 Å². The molecule has 0 aliphatic carbocycles. The van der Waals surface area contributed by atoms with Crippen LogP contribution in [0.2, 0.25) is 0 Å². The van der Waals surface area contributed by atoms with E-state index in [0.717, 1.165) is 6.42 Å². The predicted octanol–water partition coefficient (Wildman–Crippen LogP) is 2.59. The number of allylic oxidation sites excluding steroid dienone is 2. The second-order valence-corrected chi connectivity index (χ2v) is 4.20. The third-order valence-electron chi connectivity index (χ3n) is 1.59. The maximum absolute atomic E-state index is 11.1. The maximum Gasteiger partial charge on any atom is 0.692 e. The van der Waals surface area contributed by atoms with Crippen LogP contribution in [0.4, 0.5) is 0 Å². The van der Waals surface area contributed by atoms with Crippen molar-refractivity contribution < 1.29 is 19.1 Å². The van der Waals surface area contributed by atoms with Crippen molar-refractivity contribution >= 4 is 14.0 Å². The molecule has 0 aliphatic rings. The second-order valence-electron chi connectivity index (χ2n) is 3.69. The molecule has 0 fully saturated rings. The molecule has 0 rings (SSSR count). The zero-order valence-electron chi connectivity index (χ0n) is 9.73. The summed E-state index contributed by atoms with van der Waals surface area (Å²) in [5, 5.41) is 0. The van der Waals surface area contributed by atoms with Gasteiger partial charge in [-0.1, -0.05) is 25.5 Å². The first-order valence-electron chi connectivity index (χ1n) is 4.78. The number of hydrogen-bond acceptors (Lipinski definition) is 2. The van der Waals surface area contributed by atoms with E-state index in [1.165, 1.54) is 5.57 Å². The van der Waals surface area contributed by atoms with Gasteiger partial charge in [0, 0.05) is 16.9 Å². The molecule has 0 amide bonds. The van der Waals surface area contributed by atoms with E-state index in [9.17, 15) is 4.79 Å². The van der Waals surface area contributed by atoms with Crippen molar-refractivity contribution in [2.45, 2.75) is 40.5 Å². The van der Waals surface area contributed by atoms with E-state index in [0.29, 0.717) is 12.2 Å². The number of Topliss-reactive ketones (excluding diaryl/α,β-unsaturated/α-hetero) is 1. The van der Waals surface area contributed by atoms with E-state index >= 15 is 0 Å². The third kappa shape index (κ3) is 19.7. The van der Waals surface area contributed by atoms with Crippen molar-refractivity contribution in [2.75, 3.05) is 0 Å². The van der Waals surface area contributed by atoms with E-state index in [1.54, 1.807) is 0 Å². The van der Waals surface area contributed by atoms with Crippen molar-refractivity contribution in [1.82, 2.24) is 0 Å². The van der Waals surface area contributed by atoms with Gasteiger partial charge < -0.3 is 0 Å². The molecule has 2 N–H and O–H groups in total. The Balaban J connectivity index is 0. The topological polar surface area (TPSA) is 74.6 Å². The summed E-state index contributed by atoms with van der Waals surface area (Å²) in [6, 6.07) is 0. The van der Waals surface area contributed by atoms with Crippen LogP contribution in [0, 0.1) is 5.92 Å². The van der Waals surface area contributed by atoms with Gasteiger partial charge in [0.25, 0.3) is 0 Å². The van der Waals surface area contributed by atoms with Crippen molar-refractivity contribution in [1.29, 1.82) is 0 Å². The molecule has 88 valence electrons. The number of ketones is 1. The van der Waals surface area contributed by atoms with Crippen molar-refractivity contribution in [2.24, 2.45) is 5.92 Å². The summed E-state index contributed by atoms with van der Waals surface area (Å²) >= 11 is 0. The van der Waals surface area contributed by atoms with Gasteiger partial charge in [0.15, 0.2) is 0 Å². The SMILES string of the molecule is CC(C)=CCCC(=O)C(C)C.O=[P+](O)O. The Bertz CT molecular complexity index is 226. The first kappa shape index (κ1) is 16.8. The number of carbonyl (C=O) groups excluding carboxylic acids is 1. The van der Waals surface area contributed by atoms with Gasteiger partial charge in [-0.2, -0.15) is 0 Å². The van der Waals surface area contributed by atoms with Crippen LogP contribution >= 0.6 is 8.25 Å². The fourth-order valence-electron chi connectivity index (χ4n) is 0.792. The molecule has 0 atom stereocenters. The lowest BCUT2D eigenvalue weighted by atomic mass is 10.0. The standard InChI is InChI=1S/C10H18O.HO3P/c1-8(2)6-5-7-10(11)9(3)4;1-4(2)3/h6,9H,5,7H2,1-4H3;(H-,1,2,3)/p+1. The van der Waals surface area contributed by atoms with Crippen LogP contribution in [0.3, 0.4) is 0 Å². The molecule has 0 radical (unpaired) electrons. The normalized spacial score (nSPS) is 9.00. The molecule has 0 saturated heterocycles. The molecule has 0 saturated carbocycles. The highest BCUT2D eigenvalue weighted by Crippen LogP contribution is 2.03. The van der Waals surface area contributed by atoms with Crippen LogP contribution in [0.15, 0.2) is 11.6 Å². The first-order chi connectivity index (χ1) is 6.77. The van der Waals surface area contributed by atoms with Gasteiger partial charge in [0.05, 0.1) is 0 Å². The minimum Gasteiger partial charge on any atom is -0.299 e. The monoisotopic (exact) mass is 235 g/mol. The summed E-state index contributed by atoms with van der Waals surface area (Å²) in [6.45, 7) is 8.01. The largest absolute Gasteiger partial charge is 0.692 e. The summed E-state index contributed by atoms with van der Waals surface area (Å²) in [5.41, 5.74) is 1.29. The van der Waals surface area contributed by atoms with Crippen LogP contribution < -0.4 is 0 Å². The highest BCUT2D eigenvalue weighted by Gasteiger charge is 2.04. The Morgan fingerprint density at radius 3 is 2.00 bits per heavy atom. The predicted molar refractivity (Wildman–Crippen MR) is 60.6 cm³/mol. The average molecular weight is 235 g/mol. The van der Waals surface area contributed by atoms with Crippen molar-refractivity contribution in [3.8, 4) is 0 Å². The molecule has 0 spiro atoms. The summed E-state index contributed by atoms with van der Waals surface area (Å²) in [4.78, 5) is 25.3. The van der Waals surface area contributed by atoms with Crippen LogP contribution in [0.5, 0.6) is 0 Å². The van der Waals surface area contributed by atoms with E-state index in [2.05, 4.69) is 19.9 Å². The Hall–Kier alpha value is -0.570. The Labute approximate surface area is 92.0 Å². The molecular weight excluding hydrogens is 215 g/mol. The molecule has 5 heteroatoms. The third-order valence-corrected chi connectivity index (χ3v) is 1.59. The number of rotatable bonds is 4. The van der Waals surface area contributed by atoms with Crippen LogP contribution in [-0.4, -0.2) is 15.6 Å². The lowest BCUT2D eigenvalue weighted by molar-refractivity contribution is -0.121. The summed E-state index contributed by atoms with van der Waals surface area (Å²) in [5.74, 6) is 0.558.